The van der Waals surface area contributed by atoms with Crippen LogP contribution < -0.4 is 5.32 Å². The average molecular weight is 323 g/mol. The van der Waals surface area contributed by atoms with E-state index in [2.05, 4.69) is 20.4 Å². The van der Waals surface area contributed by atoms with Crippen LogP contribution in [0.4, 0.5) is 10.2 Å². The van der Waals surface area contributed by atoms with E-state index in [4.69, 9.17) is 0 Å². The summed E-state index contributed by atoms with van der Waals surface area (Å²) in [6, 6.07) is 8.22. The Morgan fingerprint density at radius 2 is 1.96 bits per heavy atom. The molecule has 1 amide bonds. The summed E-state index contributed by atoms with van der Waals surface area (Å²) in [5.41, 5.74) is 2.00. The Morgan fingerprint density at radius 1 is 1.21 bits per heavy atom. The summed E-state index contributed by atoms with van der Waals surface area (Å²) in [5, 5.41) is 7.28. The number of nitrogens with one attached hydrogen (secondary N) is 1. The number of halogens is 1. The zero-order valence-electron chi connectivity index (χ0n) is 12.9. The third kappa shape index (κ3) is 2.25. The molecule has 1 atom stereocenters. The number of benzene rings is 1. The highest BCUT2D eigenvalue weighted by molar-refractivity contribution is 5.95. The van der Waals surface area contributed by atoms with Crippen LogP contribution in [0.2, 0.25) is 0 Å². The molecule has 1 aromatic carbocycles. The summed E-state index contributed by atoms with van der Waals surface area (Å²) >= 11 is 0. The van der Waals surface area contributed by atoms with E-state index in [1.165, 1.54) is 10.7 Å². The van der Waals surface area contributed by atoms with Crippen molar-refractivity contribution in [3.05, 3.63) is 65.4 Å². The van der Waals surface area contributed by atoms with Gasteiger partial charge in [0.2, 0.25) is 5.91 Å². The smallest absolute Gasteiger partial charge is 0.252 e. The molecule has 1 N–H and O–H groups in total. The number of hydrogen-bond donors (Lipinski definition) is 1. The van der Waals surface area contributed by atoms with Gasteiger partial charge in [-0.25, -0.2) is 14.4 Å². The van der Waals surface area contributed by atoms with Gasteiger partial charge in [0.1, 0.15) is 11.6 Å². The molecule has 1 aliphatic heterocycles. The largest absolute Gasteiger partial charge is 0.310 e. The van der Waals surface area contributed by atoms with Gasteiger partial charge in [-0.2, -0.15) is 9.78 Å². The maximum absolute atomic E-state index is 14.3. The second kappa shape index (κ2) is 5.52. The number of anilines is 1. The summed E-state index contributed by atoms with van der Waals surface area (Å²) in [6.07, 6.45) is 3.38. The lowest BCUT2D eigenvalue weighted by molar-refractivity contribution is -0.116. The van der Waals surface area contributed by atoms with Crippen molar-refractivity contribution < 1.29 is 9.18 Å². The van der Waals surface area contributed by atoms with Crippen LogP contribution >= 0.6 is 0 Å². The summed E-state index contributed by atoms with van der Waals surface area (Å²) < 4.78 is 15.8. The predicted molar refractivity (Wildman–Crippen MR) is 85.4 cm³/mol. The van der Waals surface area contributed by atoms with Crippen molar-refractivity contribution in [3.63, 3.8) is 0 Å². The normalized spacial score (nSPS) is 16.6. The van der Waals surface area contributed by atoms with Gasteiger partial charge >= 0.3 is 0 Å². The van der Waals surface area contributed by atoms with Crippen molar-refractivity contribution in [2.24, 2.45) is 0 Å². The lowest BCUT2D eigenvalue weighted by Crippen LogP contribution is -2.25. The first kappa shape index (κ1) is 14.5. The molecule has 7 heteroatoms. The minimum atomic E-state index is -0.382. The molecule has 0 unspecified atom stereocenters. The van der Waals surface area contributed by atoms with Crippen LogP contribution in [0.3, 0.4) is 0 Å². The maximum atomic E-state index is 14.3. The molecule has 4 rings (SSSR count). The molecule has 3 heterocycles. The Hall–Kier alpha value is -3.09. The number of aryl methyl sites for hydroxylation is 1. The minimum Gasteiger partial charge on any atom is -0.310 e. The van der Waals surface area contributed by atoms with Crippen molar-refractivity contribution in [2.45, 2.75) is 19.3 Å². The van der Waals surface area contributed by atoms with Gasteiger partial charge in [0, 0.05) is 30.3 Å². The lowest BCUT2D eigenvalue weighted by atomic mass is 9.85. The Balaban J connectivity index is 1.91. The standard InChI is InChI=1S/C17H14FN5O/c1-10-15-12(11-5-2-3-6-13(11)18)9-14(24)21-16(15)23(22-10)17-19-7-4-8-20-17/h2-8,12H,9H2,1H3,(H,21,24)/t12-/m1/s1. The van der Waals surface area contributed by atoms with Crippen LogP contribution in [0, 0.1) is 12.7 Å². The summed E-state index contributed by atoms with van der Waals surface area (Å²) in [6.45, 7) is 1.84. The Bertz CT molecular complexity index is 922. The van der Waals surface area contributed by atoms with Crippen LogP contribution in [0.15, 0.2) is 42.7 Å². The van der Waals surface area contributed by atoms with Gasteiger partial charge in [-0.15, -0.1) is 0 Å². The zero-order chi connectivity index (χ0) is 16.7. The van der Waals surface area contributed by atoms with Gasteiger partial charge in [0.25, 0.3) is 5.95 Å². The molecule has 0 spiro atoms. The maximum Gasteiger partial charge on any atom is 0.252 e. The van der Waals surface area contributed by atoms with Crippen molar-refractivity contribution in [1.82, 2.24) is 19.7 Å². The van der Waals surface area contributed by atoms with E-state index in [1.807, 2.05) is 6.92 Å². The first-order valence-corrected chi connectivity index (χ1v) is 7.56. The predicted octanol–water partition coefficient (Wildman–Crippen LogP) is 2.58. The SMILES string of the molecule is Cc1nn(-c2ncccn2)c2c1[C@@H](c1ccccc1F)CC(=O)N2. The molecular formula is C17H14FN5O. The van der Waals surface area contributed by atoms with Crippen LogP contribution in [-0.2, 0) is 4.79 Å². The van der Waals surface area contributed by atoms with E-state index >= 15 is 0 Å². The van der Waals surface area contributed by atoms with Crippen LogP contribution in [0.25, 0.3) is 5.95 Å². The zero-order valence-corrected chi connectivity index (χ0v) is 12.9. The molecule has 120 valence electrons. The number of nitrogens with zero attached hydrogens (tertiary/aromatic N) is 4. The molecule has 0 saturated heterocycles. The van der Waals surface area contributed by atoms with Gasteiger partial charge in [-0.3, -0.25) is 4.79 Å². The van der Waals surface area contributed by atoms with Crippen LogP contribution in [0.1, 0.15) is 29.2 Å². The van der Waals surface area contributed by atoms with Gasteiger partial charge in [-0.1, -0.05) is 18.2 Å². The number of fused-ring (bicyclic) bond motifs is 1. The number of carbonyl (C=O) groups is 1. The molecule has 6 nitrogen and oxygen atoms in total. The Labute approximate surface area is 137 Å². The van der Waals surface area contributed by atoms with Crippen molar-refractivity contribution in [3.8, 4) is 5.95 Å². The molecule has 0 bridgehead atoms. The second-order valence-electron chi connectivity index (χ2n) is 5.63. The molecular weight excluding hydrogens is 309 g/mol. The van der Waals surface area contributed by atoms with E-state index in [0.29, 0.717) is 23.0 Å². The van der Waals surface area contributed by atoms with E-state index in [9.17, 15) is 9.18 Å². The van der Waals surface area contributed by atoms with Crippen molar-refractivity contribution in [2.75, 3.05) is 5.32 Å². The number of carbonyl (C=O) groups excluding carboxylic acids is 1. The van der Waals surface area contributed by atoms with E-state index in [1.54, 1.807) is 36.7 Å². The minimum absolute atomic E-state index is 0.177. The first-order chi connectivity index (χ1) is 11.6. The third-order valence-corrected chi connectivity index (χ3v) is 4.12. The summed E-state index contributed by atoms with van der Waals surface area (Å²) in [7, 11) is 0. The van der Waals surface area contributed by atoms with Gasteiger partial charge in [0.15, 0.2) is 0 Å². The second-order valence-corrected chi connectivity index (χ2v) is 5.63. The Morgan fingerprint density at radius 3 is 2.71 bits per heavy atom. The number of aromatic nitrogens is 4. The van der Waals surface area contributed by atoms with Crippen LogP contribution in [-0.4, -0.2) is 25.7 Å². The van der Waals surface area contributed by atoms with E-state index < -0.39 is 0 Å². The Kier molecular flexibility index (Phi) is 3.34. The number of amides is 1. The fourth-order valence-corrected chi connectivity index (χ4v) is 3.12. The number of rotatable bonds is 2. The molecule has 0 radical (unpaired) electrons. The average Bonchev–Trinajstić information content (AvgIpc) is 2.92. The van der Waals surface area contributed by atoms with Gasteiger partial charge < -0.3 is 5.32 Å². The van der Waals surface area contributed by atoms with Crippen LogP contribution in [0.5, 0.6) is 0 Å². The topological polar surface area (TPSA) is 72.7 Å². The summed E-state index contributed by atoms with van der Waals surface area (Å²) in [5.74, 6) is -0.0361. The molecule has 24 heavy (non-hydrogen) atoms. The highest BCUT2D eigenvalue weighted by atomic mass is 19.1. The van der Waals surface area contributed by atoms with Crippen molar-refractivity contribution >= 4 is 11.7 Å². The highest BCUT2D eigenvalue weighted by Crippen LogP contribution is 2.40. The summed E-state index contributed by atoms with van der Waals surface area (Å²) in [4.78, 5) is 20.5. The molecule has 0 aliphatic carbocycles. The first-order valence-electron chi connectivity index (χ1n) is 7.56. The lowest BCUT2D eigenvalue weighted by Gasteiger charge is -2.24. The van der Waals surface area contributed by atoms with Gasteiger partial charge in [0.05, 0.1) is 5.69 Å². The van der Waals surface area contributed by atoms with E-state index in [0.717, 1.165) is 5.56 Å². The molecule has 1 aliphatic rings. The molecule has 3 aromatic rings. The van der Waals surface area contributed by atoms with Crippen molar-refractivity contribution in [1.29, 1.82) is 0 Å². The molecule has 0 fully saturated rings. The van der Waals surface area contributed by atoms with Gasteiger partial charge in [-0.05, 0) is 24.6 Å². The third-order valence-electron chi connectivity index (χ3n) is 4.12. The quantitative estimate of drug-likeness (QED) is 0.787. The monoisotopic (exact) mass is 323 g/mol. The van der Waals surface area contributed by atoms with E-state index in [-0.39, 0.29) is 24.1 Å². The highest BCUT2D eigenvalue weighted by Gasteiger charge is 2.34. The number of hydrogen-bond acceptors (Lipinski definition) is 4. The fraction of sp³-hybridized carbons (Fsp3) is 0.176. The fourth-order valence-electron chi connectivity index (χ4n) is 3.12. The molecule has 2 aromatic heterocycles. The molecule has 0 saturated carbocycles.